The summed E-state index contributed by atoms with van der Waals surface area (Å²) >= 11 is 6.01. The molecule has 0 bridgehead atoms. The number of rotatable bonds is 8. The Morgan fingerprint density at radius 1 is 1.12 bits per heavy atom. The van der Waals surface area contributed by atoms with Crippen LogP contribution in [-0.2, 0) is 21.2 Å². The third-order valence-electron chi connectivity index (χ3n) is 3.57. The minimum absolute atomic E-state index is 0.0191. The highest BCUT2D eigenvalue weighted by molar-refractivity contribution is 7.92. The number of aliphatic carboxylic acids is 1. The van der Waals surface area contributed by atoms with Crippen LogP contribution in [0, 0.1) is 0 Å². The summed E-state index contributed by atoms with van der Waals surface area (Å²) in [7, 11) is -1.08. The molecule has 0 radical (unpaired) electrons. The van der Waals surface area contributed by atoms with Crippen LogP contribution in [0.15, 0.2) is 41.3 Å². The van der Waals surface area contributed by atoms with Crippen molar-refractivity contribution in [1.82, 2.24) is 0 Å². The number of carboxylic acids is 1. The van der Waals surface area contributed by atoms with Gasteiger partial charge in [-0.15, -0.1) is 0 Å². The second kappa shape index (κ2) is 8.29. The third-order valence-corrected chi connectivity index (χ3v) is 5.25. The van der Waals surface area contributed by atoms with Crippen LogP contribution in [-0.4, -0.2) is 28.6 Å². The maximum absolute atomic E-state index is 12.6. The summed E-state index contributed by atoms with van der Waals surface area (Å²) in [6.45, 7) is 0. The molecule has 2 rings (SSSR count). The summed E-state index contributed by atoms with van der Waals surface area (Å²) in [4.78, 5) is 10.5. The van der Waals surface area contributed by atoms with E-state index in [0.717, 1.165) is 0 Å². The Morgan fingerprint density at radius 3 is 2.27 bits per heavy atom. The van der Waals surface area contributed by atoms with Gasteiger partial charge >= 0.3 is 0 Å². The molecule has 0 aliphatic heterocycles. The highest BCUT2D eigenvalue weighted by atomic mass is 35.5. The molecule has 2 aromatic rings. The first-order valence-electron chi connectivity index (χ1n) is 7.50. The van der Waals surface area contributed by atoms with Gasteiger partial charge < -0.3 is 19.4 Å². The smallest absolute Gasteiger partial charge is 0.262 e. The molecule has 1 N–H and O–H groups in total. The Hall–Kier alpha value is -2.45. The number of hydrogen-bond donors (Lipinski definition) is 1. The van der Waals surface area contributed by atoms with Crippen LogP contribution in [0.5, 0.6) is 11.5 Å². The van der Waals surface area contributed by atoms with E-state index in [2.05, 4.69) is 4.72 Å². The van der Waals surface area contributed by atoms with Crippen molar-refractivity contribution in [1.29, 1.82) is 0 Å². The molecule has 2 aromatic carbocycles. The summed E-state index contributed by atoms with van der Waals surface area (Å²) in [6.07, 6.45) is 0.129. The Labute approximate surface area is 156 Å². The highest BCUT2D eigenvalue weighted by Gasteiger charge is 2.18. The molecule has 0 fully saturated rings. The lowest BCUT2D eigenvalue weighted by Gasteiger charge is -2.14. The molecule has 26 heavy (non-hydrogen) atoms. The van der Waals surface area contributed by atoms with Crippen molar-refractivity contribution >= 4 is 33.3 Å². The Kier molecular flexibility index (Phi) is 6.33. The summed E-state index contributed by atoms with van der Waals surface area (Å²) in [5, 5.41) is 10.8. The van der Waals surface area contributed by atoms with Crippen molar-refractivity contribution in [3.8, 4) is 11.5 Å². The second-order valence-corrected chi connectivity index (χ2v) is 7.40. The van der Waals surface area contributed by atoms with Gasteiger partial charge in [-0.05, 0) is 30.5 Å². The zero-order valence-electron chi connectivity index (χ0n) is 14.1. The molecule has 0 aliphatic carbocycles. The number of hydrogen-bond acceptors (Lipinski definition) is 6. The molecule has 140 valence electrons. The van der Waals surface area contributed by atoms with Crippen LogP contribution in [0.4, 0.5) is 5.69 Å². The van der Waals surface area contributed by atoms with E-state index in [-0.39, 0.29) is 34.2 Å². The maximum atomic E-state index is 12.6. The molecule has 9 heteroatoms. The first-order valence-corrected chi connectivity index (χ1v) is 9.36. The van der Waals surface area contributed by atoms with Gasteiger partial charge in [0.05, 0.1) is 29.8 Å². The van der Waals surface area contributed by atoms with Crippen molar-refractivity contribution < 1.29 is 27.8 Å². The molecule has 0 spiro atoms. The van der Waals surface area contributed by atoms with Crippen molar-refractivity contribution in [2.45, 2.75) is 17.7 Å². The molecule has 7 nitrogen and oxygen atoms in total. The normalized spacial score (nSPS) is 11.0. The summed E-state index contributed by atoms with van der Waals surface area (Å²) < 4.78 is 37.8. The standard InChI is InChI=1S/C17H18ClNO6S/c1-24-15-10-14(16(25-2)9-13(15)18)19-26(22,23)12-6-3-11(4-7-12)5-8-17(20)21/h3-4,6-7,9-10,19H,5,8H2,1-2H3,(H,20,21)/p-1. The minimum atomic E-state index is -3.89. The van der Waals surface area contributed by atoms with Crippen molar-refractivity contribution in [2.24, 2.45) is 0 Å². The highest BCUT2D eigenvalue weighted by Crippen LogP contribution is 2.36. The Balaban J connectivity index is 2.27. The van der Waals surface area contributed by atoms with Crippen molar-refractivity contribution in [3.63, 3.8) is 0 Å². The summed E-state index contributed by atoms with van der Waals surface area (Å²) in [5.74, 6) is -0.625. The molecule has 0 saturated carbocycles. The van der Waals surface area contributed by atoms with Crippen LogP contribution in [0.3, 0.4) is 0 Å². The molecule has 0 heterocycles. The van der Waals surface area contributed by atoms with E-state index in [1.165, 1.54) is 38.5 Å². The van der Waals surface area contributed by atoms with Gasteiger partial charge in [-0.3, -0.25) is 4.72 Å². The molecule has 0 aromatic heterocycles. The van der Waals surface area contributed by atoms with Gasteiger partial charge in [0, 0.05) is 18.1 Å². The van der Waals surface area contributed by atoms with E-state index >= 15 is 0 Å². The van der Waals surface area contributed by atoms with Gasteiger partial charge in [-0.1, -0.05) is 23.7 Å². The van der Waals surface area contributed by atoms with Gasteiger partial charge in [0.1, 0.15) is 11.5 Å². The first-order chi connectivity index (χ1) is 12.3. The lowest BCUT2D eigenvalue weighted by atomic mass is 10.1. The summed E-state index contributed by atoms with van der Waals surface area (Å²) in [5.41, 5.74) is 0.869. The largest absolute Gasteiger partial charge is 0.550 e. The topological polar surface area (TPSA) is 105 Å². The number of nitrogens with one attached hydrogen (secondary N) is 1. The number of carbonyl (C=O) groups is 1. The van der Waals surface area contributed by atoms with E-state index in [1.807, 2.05) is 0 Å². The average molecular weight is 399 g/mol. The van der Waals surface area contributed by atoms with Gasteiger partial charge in [0.25, 0.3) is 10.0 Å². The molecule has 0 aliphatic rings. The molecule has 0 unspecified atom stereocenters. The Bertz CT molecular complexity index is 896. The van der Waals surface area contributed by atoms with Crippen LogP contribution < -0.4 is 19.3 Å². The maximum Gasteiger partial charge on any atom is 0.262 e. The molecule has 0 atom stereocenters. The molecule has 0 saturated heterocycles. The second-order valence-electron chi connectivity index (χ2n) is 5.31. The monoisotopic (exact) mass is 398 g/mol. The van der Waals surface area contributed by atoms with Crippen molar-refractivity contribution in [3.05, 3.63) is 47.0 Å². The van der Waals surface area contributed by atoms with Crippen LogP contribution in [0.2, 0.25) is 5.02 Å². The van der Waals surface area contributed by atoms with E-state index in [4.69, 9.17) is 21.1 Å². The van der Waals surface area contributed by atoms with E-state index in [1.54, 1.807) is 12.1 Å². The number of methoxy groups -OCH3 is 2. The van der Waals surface area contributed by atoms with E-state index < -0.39 is 16.0 Å². The van der Waals surface area contributed by atoms with E-state index in [0.29, 0.717) is 11.3 Å². The van der Waals surface area contributed by atoms with Crippen LogP contribution in [0.1, 0.15) is 12.0 Å². The van der Waals surface area contributed by atoms with Gasteiger partial charge in [-0.2, -0.15) is 0 Å². The number of ether oxygens (including phenoxy) is 2. The third kappa shape index (κ3) is 4.80. The fourth-order valence-corrected chi connectivity index (χ4v) is 3.52. The predicted molar refractivity (Wildman–Crippen MR) is 95.1 cm³/mol. The van der Waals surface area contributed by atoms with Gasteiger partial charge in [0.15, 0.2) is 0 Å². The molecular weight excluding hydrogens is 382 g/mol. The van der Waals surface area contributed by atoms with Crippen LogP contribution in [0.25, 0.3) is 0 Å². The average Bonchev–Trinajstić information content (AvgIpc) is 2.61. The number of carbonyl (C=O) groups excluding carboxylic acids is 1. The first kappa shape index (κ1) is 19.9. The molecule has 0 amide bonds. The zero-order valence-corrected chi connectivity index (χ0v) is 15.7. The summed E-state index contributed by atoms with van der Waals surface area (Å²) in [6, 6.07) is 8.77. The van der Waals surface area contributed by atoms with Crippen LogP contribution >= 0.6 is 11.6 Å². The number of anilines is 1. The fraction of sp³-hybridized carbons (Fsp3) is 0.235. The van der Waals surface area contributed by atoms with Crippen molar-refractivity contribution in [2.75, 3.05) is 18.9 Å². The van der Waals surface area contributed by atoms with E-state index in [9.17, 15) is 18.3 Å². The molecular formula is C17H17ClNO6S-. The fourth-order valence-electron chi connectivity index (χ4n) is 2.23. The zero-order chi connectivity index (χ0) is 19.3. The SMILES string of the molecule is COc1cc(NS(=O)(=O)c2ccc(CCC(=O)[O-])cc2)c(OC)cc1Cl. The number of sulfonamides is 1. The number of aryl methyl sites for hydroxylation is 1. The van der Waals surface area contributed by atoms with Gasteiger partial charge in [0.2, 0.25) is 0 Å². The number of benzene rings is 2. The quantitative estimate of drug-likeness (QED) is 0.727. The predicted octanol–water partition coefficient (Wildman–Crippen LogP) is 1.84. The lowest BCUT2D eigenvalue weighted by molar-refractivity contribution is -0.305. The number of halogens is 1. The van der Waals surface area contributed by atoms with Gasteiger partial charge in [-0.25, -0.2) is 8.42 Å². The minimum Gasteiger partial charge on any atom is -0.550 e. The lowest BCUT2D eigenvalue weighted by Crippen LogP contribution is -2.22. The Morgan fingerprint density at radius 2 is 1.73 bits per heavy atom. The number of carboxylic acid groups (broad SMARTS) is 1.